The van der Waals surface area contributed by atoms with Crippen LogP contribution in [0.25, 0.3) is 0 Å². The van der Waals surface area contributed by atoms with E-state index in [1.807, 2.05) is 12.3 Å². The van der Waals surface area contributed by atoms with E-state index in [0.717, 1.165) is 5.01 Å². The maximum atomic E-state index is 11.8. The van der Waals surface area contributed by atoms with E-state index in [4.69, 9.17) is 5.11 Å². The molecule has 1 amide bonds. The number of hydrogen-bond donors (Lipinski definition) is 2. The number of aliphatic carboxylic acids is 1. The van der Waals surface area contributed by atoms with Gasteiger partial charge in [0.15, 0.2) is 0 Å². The smallest absolute Gasteiger partial charge is 0.307 e. The molecule has 0 bridgehead atoms. The Kier molecular flexibility index (Phi) is 5.27. The van der Waals surface area contributed by atoms with E-state index < -0.39 is 17.8 Å². The molecule has 0 saturated heterocycles. The van der Waals surface area contributed by atoms with Gasteiger partial charge in [-0.05, 0) is 0 Å². The number of carbonyl (C=O) groups excluding carboxylic acids is 1. The number of thiazole rings is 1. The Balaban J connectivity index is 2.44. The fraction of sp³-hybridized carbons (Fsp3) is 0.583. The minimum atomic E-state index is -0.953. The van der Waals surface area contributed by atoms with Gasteiger partial charge >= 0.3 is 5.97 Å². The normalized spacial score (nSPS) is 15.7. The van der Waals surface area contributed by atoms with Gasteiger partial charge in [0.2, 0.25) is 5.91 Å². The zero-order chi connectivity index (χ0) is 13.7. The number of carboxylic acid groups (broad SMARTS) is 1. The number of carboxylic acids is 1. The maximum Gasteiger partial charge on any atom is 0.307 e. The van der Waals surface area contributed by atoms with Crippen molar-refractivity contribution in [3.63, 3.8) is 0 Å². The molecule has 0 fully saturated rings. The maximum absolute atomic E-state index is 11.8. The van der Waals surface area contributed by atoms with Gasteiger partial charge in [-0.2, -0.15) is 0 Å². The summed E-state index contributed by atoms with van der Waals surface area (Å²) in [7, 11) is 0. The van der Waals surface area contributed by atoms with Crippen LogP contribution in [0.2, 0.25) is 0 Å². The van der Waals surface area contributed by atoms with Crippen molar-refractivity contribution in [1.82, 2.24) is 10.3 Å². The fourth-order valence-electron chi connectivity index (χ4n) is 1.42. The third kappa shape index (κ3) is 3.80. The molecular formula is C12H18N2O3S. The number of nitrogens with zero attached hydrogens (tertiary/aromatic N) is 1. The van der Waals surface area contributed by atoms with Gasteiger partial charge in [-0.25, -0.2) is 4.98 Å². The minimum Gasteiger partial charge on any atom is -0.481 e. The van der Waals surface area contributed by atoms with Crippen LogP contribution in [-0.4, -0.2) is 28.5 Å². The Labute approximate surface area is 110 Å². The molecule has 5 nitrogen and oxygen atoms in total. The summed E-state index contributed by atoms with van der Waals surface area (Å²) in [5, 5.41) is 14.5. The van der Waals surface area contributed by atoms with Crippen LogP contribution >= 0.6 is 11.3 Å². The summed E-state index contributed by atoms with van der Waals surface area (Å²) in [4.78, 5) is 26.7. The summed E-state index contributed by atoms with van der Waals surface area (Å²) in [6.45, 7) is 5.62. The average molecular weight is 270 g/mol. The Morgan fingerprint density at radius 1 is 1.39 bits per heavy atom. The van der Waals surface area contributed by atoms with E-state index in [9.17, 15) is 9.59 Å². The third-order valence-electron chi connectivity index (χ3n) is 3.01. The van der Waals surface area contributed by atoms with Gasteiger partial charge in [0.05, 0.1) is 10.9 Å². The summed E-state index contributed by atoms with van der Waals surface area (Å²) >= 11 is 1.55. The minimum absolute atomic E-state index is 0.140. The summed E-state index contributed by atoms with van der Waals surface area (Å²) in [6.07, 6.45) is 1.73. The van der Waals surface area contributed by atoms with Crippen LogP contribution in [0.3, 0.4) is 0 Å². The van der Waals surface area contributed by atoms with Crippen molar-refractivity contribution in [3.05, 3.63) is 16.6 Å². The molecule has 3 unspecified atom stereocenters. The van der Waals surface area contributed by atoms with E-state index in [1.54, 1.807) is 24.5 Å². The van der Waals surface area contributed by atoms with Crippen molar-refractivity contribution < 1.29 is 14.7 Å². The lowest BCUT2D eigenvalue weighted by Crippen LogP contribution is -2.36. The van der Waals surface area contributed by atoms with Crippen LogP contribution in [0.5, 0.6) is 0 Å². The van der Waals surface area contributed by atoms with E-state index in [-0.39, 0.29) is 11.8 Å². The topological polar surface area (TPSA) is 79.3 Å². The van der Waals surface area contributed by atoms with Gasteiger partial charge < -0.3 is 10.4 Å². The molecule has 0 aliphatic rings. The second kappa shape index (κ2) is 6.49. The van der Waals surface area contributed by atoms with Crippen LogP contribution in [0.4, 0.5) is 0 Å². The molecule has 100 valence electrons. The molecule has 0 aliphatic carbocycles. The molecule has 0 aliphatic heterocycles. The monoisotopic (exact) mass is 270 g/mol. The fourth-order valence-corrected chi connectivity index (χ4v) is 2.12. The molecule has 0 aromatic carbocycles. The first kappa shape index (κ1) is 14.6. The predicted molar refractivity (Wildman–Crippen MR) is 69.5 cm³/mol. The highest BCUT2D eigenvalue weighted by molar-refractivity contribution is 7.09. The number of carbonyl (C=O) groups is 2. The van der Waals surface area contributed by atoms with Crippen molar-refractivity contribution in [3.8, 4) is 0 Å². The number of amides is 1. The van der Waals surface area contributed by atoms with Crippen molar-refractivity contribution in [1.29, 1.82) is 0 Å². The van der Waals surface area contributed by atoms with Gasteiger partial charge in [0.1, 0.15) is 0 Å². The third-order valence-corrected chi connectivity index (χ3v) is 4.02. The van der Waals surface area contributed by atoms with Crippen LogP contribution in [0, 0.1) is 11.8 Å². The first-order valence-corrected chi connectivity index (χ1v) is 6.71. The lowest BCUT2D eigenvalue weighted by Gasteiger charge is -2.17. The summed E-state index contributed by atoms with van der Waals surface area (Å²) in [5.74, 6) is -2.26. The molecule has 6 heteroatoms. The lowest BCUT2D eigenvalue weighted by atomic mass is 9.95. The van der Waals surface area contributed by atoms with Crippen LogP contribution in [-0.2, 0) is 9.59 Å². The highest BCUT2D eigenvalue weighted by Gasteiger charge is 2.25. The Bertz CT molecular complexity index is 405. The van der Waals surface area contributed by atoms with E-state index >= 15 is 0 Å². The highest BCUT2D eigenvalue weighted by Crippen LogP contribution is 2.17. The molecule has 18 heavy (non-hydrogen) atoms. The quantitative estimate of drug-likeness (QED) is 0.825. The second-order valence-corrected chi connectivity index (χ2v) is 5.36. The lowest BCUT2D eigenvalue weighted by molar-refractivity contribution is -0.146. The number of hydrogen-bond acceptors (Lipinski definition) is 4. The Morgan fingerprint density at radius 2 is 2.06 bits per heavy atom. The van der Waals surface area contributed by atoms with Crippen molar-refractivity contribution in [2.75, 3.05) is 6.54 Å². The summed E-state index contributed by atoms with van der Waals surface area (Å²) in [6, 6.07) is 0. The first-order chi connectivity index (χ1) is 8.43. The first-order valence-electron chi connectivity index (χ1n) is 5.83. The van der Waals surface area contributed by atoms with Crippen molar-refractivity contribution >= 4 is 23.2 Å². The van der Waals surface area contributed by atoms with Gasteiger partial charge in [0, 0.05) is 30.0 Å². The van der Waals surface area contributed by atoms with E-state index in [1.165, 1.54) is 6.92 Å². The molecule has 2 N–H and O–H groups in total. The molecule has 1 rings (SSSR count). The zero-order valence-electron chi connectivity index (χ0n) is 10.7. The van der Waals surface area contributed by atoms with Gasteiger partial charge in [0.25, 0.3) is 0 Å². The van der Waals surface area contributed by atoms with Gasteiger partial charge in [-0.15, -0.1) is 11.3 Å². The molecule has 3 atom stereocenters. The number of rotatable bonds is 6. The second-order valence-electron chi connectivity index (χ2n) is 4.43. The van der Waals surface area contributed by atoms with E-state index in [2.05, 4.69) is 10.3 Å². The largest absolute Gasteiger partial charge is 0.481 e. The highest BCUT2D eigenvalue weighted by atomic mass is 32.1. The van der Waals surface area contributed by atoms with E-state index in [0.29, 0.717) is 6.54 Å². The van der Waals surface area contributed by atoms with Gasteiger partial charge in [-0.1, -0.05) is 20.8 Å². The number of aromatic nitrogens is 1. The molecule has 1 aromatic rings. The Hall–Kier alpha value is -1.43. The average Bonchev–Trinajstić information content (AvgIpc) is 2.87. The van der Waals surface area contributed by atoms with Gasteiger partial charge in [-0.3, -0.25) is 9.59 Å². The zero-order valence-corrected chi connectivity index (χ0v) is 11.5. The molecule has 1 heterocycles. The number of nitrogens with one attached hydrogen (secondary N) is 1. The Morgan fingerprint density at radius 3 is 2.56 bits per heavy atom. The molecule has 1 aromatic heterocycles. The SMILES string of the molecule is CC(CNC(=O)C(C)C(C)C(=O)O)c1nccs1. The molecular weight excluding hydrogens is 252 g/mol. The summed E-state index contributed by atoms with van der Waals surface area (Å²) < 4.78 is 0. The molecule has 0 radical (unpaired) electrons. The molecule has 0 saturated carbocycles. The van der Waals surface area contributed by atoms with Crippen molar-refractivity contribution in [2.45, 2.75) is 26.7 Å². The predicted octanol–water partition coefficient (Wildman–Crippen LogP) is 1.72. The molecule has 0 spiro atoms. The van der Waals surface area contributed by atoms with Crippen LogP contribution in [0.15, 0.2) is 11.6 Å². The van der Waals surface area contributed by atoms with Crippen molar-refractivity contribution in [2.24, 2.45) is 11.8 Å². The van der Waals surface area contributed by atoms with Crippen LogP contribution in [0.1, 0.15) is 31.7 Å². The van der Waals surface area contributed by atoms with Crippen LogP contribution < -0.4 is 5.32 Å². The standard InChI is InChI=1S/C12H18N2O3S/c1-7(11-13-4-5-18-11)6-14-10(15)8(2)9(3)12(16)17/h4-5,7-9H,6H2,1-3H3,(H,14,15)(H,16,17). The summed E-state index contributed by atoms with van der Waals surface area (Å²) in [5.41, 5.74) is 0.